The summed E-state index contributed by atoms with van der Waals surface area (Å²) in [6.07, 6.45) is -5.25. The molecular weight excluding hydrogens is 562 g/mol. The van der Waals surface area contributed by atoms with Gasteiger partial charge < -0.3 is 18.9 Å². The van der Waals surface area contributed by atoms with Crippen LogP contribution in [0.4, 0.5) is 18.4 Å². The molecule has 0 aromatic heterocycles. The molecule has 0 spiro atoms. The van der Waals surface area contributed by atoms with Gasteiger partial charge in [-0.15, -0.1) is 0 Å². The number of amides is 2. The van der Waals surface area contributed by atoms with Gasteiger partial charge in [-0.25, -0.2) is 18.4 Å². The van der Waals surface area contributed by atoms with Gasteiger partial charge in [-0.3, -0.25) is 29.0 Å². The Balaban J connectivity index is 0.000000420. The first kappa shape index (κ1) is 36.7. The molecule has 0 radical (unpaired) electrons. The Morgan fingerprint density at radius 1 is 0.643 bits per heavy atom. The number of ether oxygens (including phenoxy) is 4. The molecule has 2 fully saturated rings. The summed E-state index contributed by atoms with van der Waals surface area (Å²) in [4.78, 5) is 72.8. The highest BCUT2D eigenvalue weighted by Crippen LogP contribution is 2.26. The lowest BCUT2D eigenvalue weighted by molar-refractivity contribution is -0.148. The predicted octanol–water partition coefficient (Wildman–Crippen LogP) is 3.71. The Hall–Kier alpha value is -3.32. The first-order valence-corrected chi connectivity index (χ1v) is 13.9. The maximum atomic E-state index is 13.5. The topological polar surface area (TPSA) is 146 Å². The number of esters is 2. The van der Waals surface area contributed by atoms with Crippen LogP contribution in [0.1, 0.15) is 81.1 Å². The fourth-order valence-corrected chi connectivity index (χ4v) is 4.17. The monoisotopic (exact) mass is 606 g/mol. The van der Waals surface area contributed by atoms with Gasteiger partial charge in [0.05, 0.1) is 38.4 Å². The fraction of sp³-hybridized carbons (Fsp3) is 0.786. The normalized spacial score (nSPS) is 22.0. The van der Waals surface area contributed by atoms with Crippen LogP contribution < -0.4 is 0 Å². The molecule has 42 heavy (non-hydrogen) atoms. The summed E-state index contributed by atoms with van der Waals surface area (Å²) < 4.78 is 46.8. The van der Waals surface area contributed by atoms with Crippen LogP contribution >= 0.6 is 0 Å². The summed E-state index contributed by atoms with van der Waals surface area (Å²) in [5.41, 5.74) is -1.47. The van der Waals surface area contributed by atoms with E-state index in [1.165, 1.54) is 0 Å². The van der Waals surface area contributed by atoms with Crippen molar-refractivity contribution in [2.45, 2.75) is 117 Å². The molecule has 0 saturated carbocycles. The van der Waals surface area contributed by atoms with E-state index in [4.69, 9.17) is 9.47 Å². The number of hydrogen-bond donors (Lipinski definition) is 0. The average Bonchev–Trinajstić information content (AvgIpc) is 3.40. The van der Waals surface area contributed by atoms with E-state index in [1.54, 1.807) is 55.4 Å². The second kappa shape index (κ2) is 15.8. The minimum absolute atomic E-state index is 0.114. The second-order valence-electron chi connectivity index (χ2n) is 11.9. The van der Waals surface area contributed by atoms with E-state index in [-0.39, 0.29) is 39.1 Å². The molecule has 2 saturated heterocycles. The first-order chi connectivity index (χ1) is 19.3. The zero-order valence-electron chi connectivity index (χ0n) is 25.7. The van der Waals surface area contributed by atoms with E-state index in [1.807, 2.05) is 0 Å². The highest BCUT2D eigenvalue weighted by atomic mass is 19.1. The van der Waals surface area contributed by atoms with Crippen LogP contribution in [0.15, 0.2) is 0 Å². The predicted molar refractivity (Wildman–Crippen MR) is 145 cm³/mol. The number of carbonyl (C=O) groups excluding carboxylic acids is 6. The molecule has 0 unspecified atom stereocenters. The number of likely N-dealkylation sites (tertiary alicyclic amines) is 2. The van der Waals surface area contributed by atoms with Gasteiger partial charge in [0.15, 0.2) is 11.6 Å². The van der Waals surface area contributed by atoms with E-state index in [0.29, 0.717) is 0 Å². The molecule has 2 aliphatic rings. The molecule has 12 nitrogen and oxygen atoms in total. The quantitative estimate of drug-likeness (QED) is 0.228. The van der Waals surface area contributed by atoms with E-state index in [0.717, 1.165) is 9.80 Å². The van der Waals surface area contributed by atoms with Gasteiger partial charge >= 0.3 is 24.1 Å². The third-order valence-corrected chi connectivity index (χ3v) is 5.75. The Morgan fingerprint density at radius 2 is 0.952 bits per heavy atom. The van der Waals surface area contributed by atoms with E-state index in [9.17, 15) is 37.5 Å². The van der Waals surface area contributed by atoms with Crippen molar-refractivity contribution in [2.75, 3.05) is 26.3 Å². The average molecular weight is 607 g/mol. The van der Waals surface area contributed by atoms with Gasteiger partial charge in [-0.1, -0.05) is 0 Å². The Bertz CT molecular complexity index is 914. The van der Waals surface area contributed by atoms with Crippen molar-refractivity contribution in [3.05, 3.63) is 0 Å². The minimum Gasteiger partial charge on any atom is -0.466 e. The number of carbonyl (C=O) groups is 6. The molecule has 4 atom stereocenters. The summed E-state index contributed by atoms with van der Waals surface area (Å²) in [6, 6.07) is -1.95. The van der Waals surface area contributed by atoms with Crippen molar-refractivity contribution >= 4 is 35.7 Å². The van der Waals surface area contributed by atoms with Crippen molar-refractivity contribution in [1.82, 2.24) is 9.80 Å². The number of rotatable bonds is 8. The number of nitrogens with zero attached hydrogens (tertiary/aromatic N) is 2. The van der Waals surface area contributed by atoms with Crippen molar-refractivity contribution in [2.24, 2.45) is 0 Å². The Labute approximate surface area is 245 Å². The van der Waals surface area contributed by atoms with Crippen molar-refractivity contribution in [3.63, 3.8) is 0 Å². The summed E-state index contributed by atoms with van der Waals surface area (Å²) >= 11 is 0. The number of Topliss-reactive ketones (excluding diaryl/α,β-unsaturated/α-hetero) is 2. The van der Waals surface area contributed by atoms with Crippen LogP contribution in [0.3, 0.4) is 0 Å². The molecule has 0 N–H and O–H groups in total. The molecule has 2 aliphatic heterocycles. The summed E-state index contributed by atoms with van der Waals surface area (Å²) in [6.45, 7) is 13.3. The Kier molecular flexibility index (Phi) is 13.8. The molecule has 2 amide bonds. The maximum Gasteiger partial charge on any atom is 0.411 e. The number of hydrogen-bond acceptors (Lipinski definition) is 10. The zero-order chi connectivity index (χ0) is 32.4. The van der Waals surface area contributed by atoms with Gasteiger partial charge in [0.1, 0.15) is 36.4 Å². The molecule has 2 rings (SSSR count). The van der Waals surface area contributed by atoms with Crippen LogP contribution in [0, 0.1) is 0 Å². The van der Waals surface area contributed by atoms with Gasteiger partial charge in [0.25, 0.3) is 0 Å². The maximum absolute atomic E-state index is 13.5. The highest BCUT2D eigenvalue weighted by Gasteiger charge is 2.43. The van der Waals surface area contributed by atoms with Crippen LogP contribution in [-0.2, 0) is 38.1 Å². The smallest absolute Gasteiger partial charge is 0.411 e. The summed E-state index contributed by atoms with van der Waals surface area (Å²) in [7, 11) is 0. The lowest BCUT2D eigenvalue weighted by Gasteiger charge is -2.27. The van der Waals surface area contributed by atoms with Crippen molar-refractivity contribution in [3.8, 4) is 0 Å². The first-order valence-electron chi connectivity index (χ1n) is 13.9. The van der Waals surface area contributed by atoms with E-state index in [2.05, 4.69) is 9.47 Å². The number of halogens is 2. The zero-order valence-corrected chi connectivity index (χ0v) is 25.7. The SMILES string of the molecule is CCOC(=O)CC(=O)[C@@H]1C[C@@H](F)CN1C(=O)OC(C)(C)C.CCOC(=O)CC(=O)[C@@H]1C[C@@H](F)CN1C(=O)OC(C)(C)C. The van der Waals surface area contributed by atoms with Crippen LogP contribution in [-0.4, -0.2) is 107 Å². The molecule has 14 heteroatoms. The van der Waals surface area contributed by atoms with E-state index >= 15 is 0 Å². The highest BCUT2D eigenvalue weighted by molar-refractivity contribution is 6.00. The molecule has 2 heterocycles. The molecule has 0 aromatic rings. The van der Waals surface area contributed by atoms with Crippen molar-refractivity contribution < 1.29 is 56.5 Å². The van der Waals surface area contributed by atoms with E-state index < -0.39 is 84.2 Å². The standard InChI is InChI=1S/2C14H22FNO5/c2*1-5-20-12(18)7-11(17)10-6-9(15)8-16(10)13(19)21-14(2,3)4/h2*9-10H,5-8H2,1-4H3/t2*9-,10+/m11/s1. The number of ketones is 2. The van der Waals surface area contributed by atoms with Gasteiger partial charge in [0.2, 0.25) is 0 Å². The molecule has 0 bridgehead atoms. The van der Waals surface area contributed by atoms with Crippen LogP contribution in [0.2, 0.25) is 0 Å². The van der Waals surface area contributed by atoms with Gasteiger partial charge in [-0.05, 0) is 55.4 Å². The lowest BCUT2D eigenvalue weighted by Crippen LogP contribution is -2.44. The van der Waals surface area contributed by atoms with Crippen LogP contribution in [0.25, 0.3) is 0 Å². The molecular formula is C28H44F2N2O10. The Morgan fingerprint density at radius 3 is 1.21 bits per heavy atom. The summed E-state index contributed by atoms with van der Waals surface area (Å²) in [5, 5.41) is 0. The number of alkyl halides is 2. The molecule has 0 aromatic carbocycles. The largest absolute Gasteiger partial charge is 0.466 e. The van der Waals surface area contributed by atoms with Gasteiger partial charge in [-0.2, -0.15) is 0 Å². The molecule has 240 valence electrons. The van der Waals surface area contributed by atoms with Crippen molar-refractivity contribution in [1.29, 1.82) is 0 Å². The third kappa shape index (κ3) is 12.7. The lowest BCUT2D eigenvalue weighted by atomic mass is 10.1. The summed E-state index contributed by atoms with van der Waals surface area (Å²) in [5.74, 6) is -2.40. The fourth-order valence-electron chi connectivity index (χ4n) is 4.17. The molecule has 0 aliphatic carbocycles. The van der Waals surface area contributed by atoms with Gasteiger partial charge in [0, 0.05) is 12.8 Å². The second-order valence-corrected chi connectivity index (χ2v) is 11.9. The van der Waals surface area contributed by atoms with Crippen LogP contribution in [0.5, 0.6) is 0 Å². The third-order valence-electron chi connectivity index (χ3n) is 5.75. The minimum atomic E-state index is -1.30.